The van der Waals surface area contributed by atoms with Gasteiger partial charge in [0.25, 0.3) is 0 Å². The number of anilines is 1. The molecule has 1 aromatic carbocycles. The quantitative estimate of drug-likeness (QED) is 0.371. The number of hydrogen-bond donors (Lipinski definition) is 1. The van der Waals surface area contributed by atoms with Crippen LogP contribution < -0.4 is 10.1 Å². The third-order valence-corrected chi connectivity index (χ3v) is 5.87. The Morgan fingerprint density at radius 3 is 2.84 bits per heavy atom. The van der Waals surface area contributed by atoms with Crippen LogP contribution in [0.2, 0.25) is 5.02 Å². The summed E-state index contributed by atoms with van der Waals surface area (Å²) in [5.74, 6) is 2.33. The Morgan fingerprint density at radius 1 is 1.25 bits per heavy atom. The third-order valence-electron chi connectivity index (χ3n) is 4.57. The fourth-order valence-electron chi connectivity index (χ4n) is 2.94. The van der Waals surface area contributed by atoms with Gasteiger partial charge in [0.05, 0.1) is 30.2 Å². The molecule has 4 rings (SSSR count). The lowest BCUT2D eigenvalue weighted by molar-refractivity contribution is -0.115. The van der Waals surface area contributed by atoms with E-state index in [0.29, 0.717) is 34.1 Å². The van der Waals surface area contributed by atoms with Crippen molar-refractivity contribution in [1.82, 2.24) is 19.7 Å². The van der Waals surface area contributed by atoms with E-state index in [4.69, 9.17) is 20.8 Å². The first-order valence-electron chi connectivity index (χ1n) is 9.72. The number of carbonyl (C=O) groups excluding carboxylic acids is 1. The molecule has 4 aromatic rings. The minimum atomic E-state index is -0.454. The second kappa shape index (κ2) is 9.88. The van der Waals surface area contributed by atoms with E-state index in [9.17, 15) is 4.79 Å². The average Bonchev–Trinajstić information content (AvgIpc) is 3.46. The largest absolute Gasteiger partial charge is 0.497 e. The molecule has 10 heteroatoms. The number of furan rings is 1. The Balaban J connectivity index is 1.59. The van der Waals surface area contributed by atoms with Gasteiger partial charge in [-0.2, -0.15) is 0 Å². The van der Waals surface area contributed by atoms with Gasteiger partial charge in [-0.15, -0.1) is 10.2 Å². The molecule has 32 heavy (non-hydrogen) atoms. The van der Waals surface area contributed by atoms with Crippen LogP contribution in [0.1, 0.15) is 12.7 Å². The summed E-state index contributed by atoms with van der Waals surface area (Å²) in [5, 5.41) is 12.2. The zero-order valence-corrected chi connectivity index (χ0v) is 18.9. The Bertz CT molecular complexity index is 1190. The van der Waals surface area contributed by atoms with Gasteiger partial charge in [-0.3, -0.25) is 9.36 Å². The Labute approximate surface area is 194 Å². The highest BCUT2D eigenvalue weighted by Gasteiger charge is 2.22. The van der Waals surface area contributed by atoms with Crippen LogP contribution in [0.5, 0.6) is 5.75 Å². The van der Waals surface area contributed by atoms with E-state index >= 15 is 0 Å². The molecule has 0 spiro atoms. The number of amides is 1. The van der Waals surface area contributed by atoms with Gasteiger partial charge in [0.2, 0.25) is 5.91 Å². The van der Waals surface area contributed by atoms with Gasteiger partial charge in [-0.1, -0.05) is 35.5 Å². The van der Waals surface area contributed by atoms with Crippen LogP contribution in [0.15, 0.2) is 70.6 Å². The van der Waals surface area contributed by atoms with E-state index in [2.05, 4.69) is 20.5 Å². The molecule has 0 fully saturated rings. The molecule has 0 radical (unpaired) electrons. The molecule has 0 aliphatic rings. The Morgan fingerprint density at radius 2 is 2.12 bits per heavy atom. The second-order valence-corrected chi connectivity index (χ2v) is 8.56. The monoisotopic (exact) mass is 469 g/mol. The van der Waals surface area contributed by atoms with Gasteiger partial charge in [0, 0.05) is 11.8 Å². The maximum absolute atomic E-state index is 12.7. The van der Waals surface area contributed by atoms with Crippen molar-refractivity contribution in [2.45, 2.75) is 23.9 Å². The van der Waals surface area contributed by atoms with Crippen molar-refractivity contribution >= 4 is 35.1 Å². The van der Waals surface area contributed by atoms with Crippen LogP contribution in [0, 0.1) is 0 Å². The van der Waals surface area contributed by atoms with Crippen LogP contribution in [-0.4, -0.2) is 38.0 Å². The van der Waals surface area contributed by atoms with Gasteiger partial charge >= 0.3 is 0 Å². The van der Waals surface area contributed by atoms with Crippen molar-refractivity contribution in [3.63, 3.8) is 0 Å². The van der Waals surface area contributed by atoms with Crippen molar-refractivity contribution in [2.24, 2.45) is 0 Å². The van der Waals surface area contributed by atoms with E-state index in [0.717, 1.165) is 11.3 Å². The number of nitrogens with zero attached hydrogens (tertiary/aromatic N) is 4. The Kier molecular flexibility index (Phi) is 6.77. The highest BCUT2D eigenvalue weighted by atomic mass is 35.5. The number of carbonyl (C=O) groups is 1. The van der Waals surface area contributed by atoms with Crippen molar-refractivity contribution < 1.29 is 13.9 Å². The number of benzene rings is 1. The summed E-state index contributed by atoms with van der Waals surface area (Å²) in [6, 6.07) is 14.6. The van der Waals surface area contributed by atoms with Crippen molar-refractivity contribution in [1.29, 1.82) is 0 Å². The summed E-state index contributed by atoms with van der Waals surface area (Å²) in [6.45, 7) is 2.22. The highest BCUT2D eigenvalue weighted by Crippen LogP contribution is 2.30. The number of aromatic nitrogens is 4. The maximum atomic E-state index is 12.7. The second-order valence-electron chi connectivity index (χ2n) is 6.81. The molecule has 0 saturated carbocycles. The summed E-state index contributed by atoms with van der Waals surface area (Å²) in [4.78, 5) is 16.8. The van der Waals surface area contributed by atoms with E-state index < -0.39 is 5.25 Å². The van der Waals surface area contributed by atoms with E-state index in [1.54, 1.807) is 32.4 Å². The number of hydrogen-bond acceptors (Lipinski definition) is 7. The first kappa shape index (κ1) is 21.9. The molecule has 1 N–H and O–H groups in total. The molecule has 0 saturated heterocycles. The predicted octanol–water partition coefficient (Wildman–Crippen LogP) is 4.76. The SMILES string of the molecule is COc1cccc(-c2nnc(SC(C)C(=O)Nc3ccc(Cl)cn3)n2Cc2ccco2)c1. The van der Waals surface area contributed by atoms with Crippen LogP contribution in [0.25, 0.3) is 11.4 Å². The van der Waals surface area contributed by atoms with E-state index in [1.165, 1.54) is 18.0 Å². The van der Waals surface area contributed by atoms with Crippen LogP contribution in [-0.2, 0) is 11.3 Å². The number of rotatable bonds is 8. The highest BCUT2D eigenvalue weighted by molar-refractivity contribution is 8.00. The van der Waals surface area contributed by atoms with Gasteiger partial charge in [-0.05, 0) is 43.3 Å². The van der Waals surface area contributed by atoms with E-state index in [1.807, 2.05) is 41.0 Å². The molecule has 1 amide bonds. The number of nitrogens with one attached hydrogen (secondary N) is 1. The Hall–Kier alpha value is -3.30. The molecular weight excluding hydrogens is 450 g/mol. The molecule has 164 valence electrons. The number of methoxy groups -OCH3 is 1. The lowest BCUT2D eigenvalue weighted by Crippen LogP contribution is -2.23. The van der Waals surface area contributed by atoms with Crippen molar-refractivity contribution in [3.8, 4) is 17.1 Å². The summed E-state index contributed by atoms with van der Waals surface area (Å²) >= 11 is 7.15. The molecule has 1 unspecified atom stereocenters. The summed E-state index contributed by atoms with van der Waals surface area (Å²) in [6.07, 6.45) is 3.10. The van der Waals surface area contributed by atoms with Crippen LogP contribution in [0.3, 0.4) is 0 Å². The summed E-state index contributed by atoms with van der Waals surface area (Å²) < 4.78 is 12.8. The molecule has 1 atom stereocenters. The molecular formula is C22H20ClN5O3S. The van der Waals surface area contributed by atoms with Gasteiger partial charge in [0.1, 0.15) is 17.3 Å². The van der Waals surface area contributed by atoms with Gasteiger partial charge in [-0.25, -0.2) is 4.98 Å². The van der Waals surface area contributed by atoms with Crippen LogP contribution >= 0.6 is 23.4 Å². The van der Waals surface area contributed by atoms with Crippen molar-refractivity contribution in [2.75, 3.05) is 12.4 Å². The zero-order valence-electron chi connectivity index (χ0n) is 17.4. The lowest BCUT2D eigenvalue weighted by atomic mass is 10.2. The zero-order chi connectivity index (χ0) is 22.5. The minimum absolute atomic E-state index is 0.208. The average molecular weight is 470 g/mol. The topological polar surface area (TPSA) is 95.1 Å². The fourth-order valence-corrected chi connectivity index (χ4v) is 3.90. The van der Waals surface area contributed by atoms with Crippen molar-refractivity contribution in [3.05, 3.63) is 71.8 Å². The summed E-state index contributed by atoms with van der Waals surface area (Å²) in [5.41, 5.74) is 0.845. The normalized spacial score (nSPS) is 11.8. The molecule has 8 nitrogen and oxygen atoms in total. The van der Waals surface area contributed by atoms with Gasteiger partial charge < -0.3 is 14.5 Å². The molecule has 3 aromatic heterocycles. The number of pyridine rings is 1. The third kappa shape index (κ3) is 5.12. The summed E-state index contributed by atoms with van der Waals surface area (Å²) in [7, 11) is 1.61. The first-order chi connectivity index (χ1) is 15.5. The smallest absolute Gasteiger partial charge is 0.238 e. The van der Waals surface area contributed by atoms with E-state index in [-0.39, 0.29) is 5.91 Å². The van der Waals surface area contributed by atoms with Crippen LogP contribution in [0.4, 0.5) is 5.82 Å². The van der Waals surface area contributed by atoms with Gasteiger partial charge in [0.15, 0.2) is 11.0 Å². The molecule has 0 aliphatic carbocycles. The minimum Gasteiger partial charge on any atom is -0.497 e. The molecule has 0 bridgehead atoms. The number of halogens is 1. The first-order valence-corrected chi connectivity index (χ1v) is 11.0. The number of thioether (sulfide) groups is 1. The number of ether oxygens (including phenoxy) is 1. The molecule has 0 aliphatic heterocycles. The lowest BCUT2D eigenvalue weighted by Gasteiger charge is -2.13. The fraction of sp³-hybridized carbons (Fsp3) is 0.182. The maximum Gasteiger partial charge on any atom is 0.238 e. The standard InChI is InChI=1S/C22H20ClN5O3S/c1-14(21(29)25-19-9-8-16(23)12-24-19)32-22-27-26-20(15-5-3-6-17(11-15)30-2)28(22)13-18-7-4-10-31-18/h3-12,14H,13H2,1-2H3,(H,24,25,29). The predicted molar refractivity (Wildman–Crippen MR) is 123 cm³/mol. The molecule has 3 heterocycles.